The van der Waals surface area contributed by atoms with E-state index in [0.717, 1.165) is 11.3 Å². The number of hydrogen-bond donors (Lipinski definition) is 2. The van der Waals surface area contributed by atoms with Crippen molar-refractivity contribution in [2.45, 2.75) is 25.9 Å². The summed E-state index contributed by atoms with van der Waals surface area (Å²) in [6.07, 6.45) is -3.66. The first kappa shape index (κ1) is 20.8. The van der Waals surface area contributed by atoms with Gasteiger partial charge >= 0.3 is 0 Å². The summed E-state index contributed by atoms with van der Waals surface area (Å²) in [5.41, 5.74) is 6.57. The molecule has 1 aliphatic rings. The van der Waals surface area contributed by atoms with E-state index >= 15 is 0 Å². The highest BCUT2D eigenvalue weighted by molar-refractivity contribution is 7.21. The van der Waals surface area contributed by atoms with Crippen molar-refractivity contribution in [1.29, 1.82) is 0 Å². The minimum absolute atomic E-state index is 0.0111. The standard InChI is InChI=1S/C20H15F3N4O3S/c1-8-6-12(17(22)23)25-20-14(8)15(16(31-20)18(24)28)26-19(29)13-7-11(27-30-13)9-2-4-10(21)5-3-9/h2-6,13,17H,7H2,1H3,(H2,24,28)(H,26,29). The Balaban J connectivity index is 1.61. The Kier molecular flexibility index (Phi) is 5.36. The van der Waals surface area contributed by atoms with E-state index in [0.29, 0.717) is 22.2 Å². The zero-order valence-electron chi connectivity index (χ0n) is 16.0. The molecule has 31 heavy (non-hydrogen) atoms. The fraction of sp³-hybridized carbons (Fsp3) is 0.200. The molecule has 0 saturated carbocycles. The largest absolute Gasteiger partial charge is 0.382 e. The van der Waals surface area contributed by atoms with Gasteiger partial charge in [-0.25, -0.2) is 18.2 Å². The number of oxime groups is 1. The molecule has 0 bridgehead atoms. The van der Waals surface area contributed by atoms with Crippen LogP contribution < -0.4 is 11.1 Å². The van der Waals surface area contributed by atoms with Crippen LogP contribution in [-0.2, 0) is 9.63 Å². The number of carbonyl (C=O) groups is 2. The van der Waals surface area contributed by atoms with Crippen molar-refractivity contribution in [3.05, 3.63) is 57.8 Å². The molecule has 4 rings (SSSR count). The van der Waals surface area contributed by atoms with Crippen LogP contribution in [0.15, 0.2) is 35.5 Å². The number of aryl methyl sites for hydroxylation is 1. The number of anilines is 1. The molecule has 0 spiro atoms. The first-order valence-corrected chi connectivity index (χ1v) is 9.87. The average Bonchev–Trinajstić information content (AvgIpc) is 3.34. The van der Waals surface area contributed by atoms with Crippen LogP contribution in [0, 0.1) is 12.7 Å². The lowest BCUT2D eigenvalue weighted by atomic mass is 10.0. The van der Waals surface area contributed by atoms with Gasteiger partial charge in [0, 0.05) is 11.8 Å². The van der Waals surface area contributed by atoms with Gasteiger partial charge in [0.05, 0.1) is 11.4 Å². The number of alkyl halides is 2. The lowest BCUT2D eigenvalue weighted by molar-refractivity contribution is -0.125. The topological polar surface area (TPSA) is 107 Å². The number of thiophene rings is 1. The Morgan fingerprint density at radius 2 is 2.00 bits per heavy atom. The highest BCUT2D eigenvalue weighted by Crippen LogP contribution is 2.38. The van der Waals surface area contributed by atoms with Gasteiger partial charge in [0.2, 0.25) is 6.10 Å². The molecule has 1 aromatic carbocycles. The minimum atomic E-state index is -2.78. The van der Waals surface area contributed by atoms with Crippen molar-refractivity contribution in [3.63, 3.8) is 0 Å². The molecule has 3 aromatic rings. The van der Waals surface area contributed by atoms with E-state index < -0.39 is 35.9 Å². The van der Waals surface area contributed by atoms with Crippen LogP contribution in [0.5, 0.6) is 0 Å². The molecular weight excluding hydrogens is 433 g/mol. The Bertz CT molecular complexity index is 1220. The molecule has 3 N–H and O–H groups in total. The van der Waals surface area contributed by atoms with Crippen LogP contribution in [0.4, 0.5) is 18.9 Å². The predicted octanol–water partition coefficient (Wildman–Crippen LogP) is 3.91. The third kappa shape index (κ3) is 3.96. The maximum atomic E-state index is 13.1. The fourth-order valence-electron chi connectivity index (χ4n) is 3.25. The summed E-state index contributed by atoms with van der Waals surface area (Å²) in [7, 11) is 0. The summed E-state index contributed by atoms with van der Waals surface area (Å²) in [4.78, 5) is 33.9. The van der Waals surface area contributed by atoms with Crippen molar-refractivity contribution >= 4 is 44.8 Å². The molecule has 0 aliphatic carbocycles. The van der Waals surface area contributed by atoms with Crippen LogP contribution in [-0.4, -0.2) is 28.6 Å². The van der Waals surface area contributed by atoms with E-state index in [1.807, 2.05) is 0 Å². The predicted molar refractivity (Wildman–Crippen MR) is 109 cm³/mol. The quantitative estimate of drug-likeness (QED) is 0.617. The van der Waals surface area contributed by atoms with Gasteiger partial charge in [0.25, 0.3) is 18.2 Å². The van der Waals surface area contributed by atoms with Crippen LogP contribution in [0.25, 0.3) is 10.2 Å². The van der Waals surface area contributed by atoms with Crippen molar-refractivity contribution in [1.82, 2.24) is 4.98 Å². The molecule has 7 nitrogen and oxygen atoms in total. The lowest BCUT2D eigenvalue weighted by Gasteiger charge is -2.11. The number of fused-ring (bicyclic) bond motifs is 1. The fourth-order valence-corrected chi connectivity index (χ4v) is 4.31. The second-order valence-electron chi connectivity index (χ2n) is 6.85. The van der Waals surface area contributed by atoms with Crippen molar-refractivity contribution in [2.75, 3.05) is 5.32 Å². The highest BCUT2D eigenvalue weighted by Gasteiger charge is 2.31. The molecule has 0 fully saturated rings. The summed E-state index contributed by atoms with van der Waals surface area (Å²) < 4.78 is 39.3. The van der Waals surface area contributed by atoms with Gasteiger partial charge in [0.1, 0.15) is 21.2 Å². The summed E-state index contributed by atoms with van der Waals surface area (Å²) in [5, 5.41) is 6.85. The number of amides is 2. The third-order valence-corrected chi connectivity index (χ3v) is 5.81. The van der Waals surface area contributed by atoms with Crippen molar-refractivity contribution in [2.24, 2.45) is 10.9 Å². The van der Waals surface area contributed by atoms with Gasteiger partial charge in [-0.05, 0) is 36.2 Å². The summed E-state index contributed by atoms with van der Waals surface area (Å²) >= 11 is 0.822. The van der Waals surface area contributed by atoms with Crippen molar-refractivity contribution in [3.8, 4) is 0 Å². The van der Waals surface area contributed by atoms with Gasteiger partial charge in [-0.15, -0.1) is 11.3 Å². The first-order valence-electron chi connectivity index (χ1n) is 9.06. The Hall–Kier alpha value is -3.47. The van der Waals surface area contributed by atoms with Gasteiger partial charge in [-0.1, -0.05) is 17.3 Å². The van der Waals surface area contributed by atoms with Crippen LogP contribution in [0.3, 0.4) is 0 Å². The zero-order valence-corrected chi connectivity index (χ0v) is 16.8. The molecule has 1 unspecified atom stereocenters. The van der Waals surface area contributed by atoms with E-state index in [9.17, 15) is 22.8 Å². The number of nitrogens with two attached hydrogens (primary N) is 1. The number of rotatable bonds is 5. The van der Waals surface area contributed by atoms with Gasteiger partial charge in [-0.2, -0.15) is 0 Å². The minimum Gasteiger partial charge on any atom is -0.382 e. The second-order valence-corrected chi connectivity index (χ2v) is 7.85. The molecule has 1 aliphatic heterocycles. The molecule has 3 heterocycles. The number of aromatic nitrogens is 1. The first-order chi connectivity index (χ1) is 14.7. The molecule has 0 saturated heterocycles. The maximum absolute atomic E-state index is 13.1. The van der Waals surface area contributed by atoms with Gasteiger partial charge < -0.3 is 15.9 Å². The average molecular weight is 448 g/mol. The molecule has 160 valence electrons. The van der Waals surface area contributed by atoms with Gasteiger partial charge in [0.15, 0.2) is 0 Å². The smallest absolute Gasteiger partial charge is 0.280 e. The Labute approximate surface area is 177 Å². The Morgan fingerprint density at radius 3 is 2.65 bits per heavy atom. The number of hydrogen-bond acceptors (Lipinski definition) is 6. The number of carbonyl (C=O) groups excluding carboxylic acids is 2. The second kappa shape index (κ2) is 7.99. The number of nitrogens with one attached hydrogen (secondary N) is 1. The van der Waals surface area contributed by atoms with E-state index in [2.05, 4.69) is 15.5 Å². The zero-order chi connectivity index (χ0) is 22.3. The molecule has 0 radical (unpaired) electrons. The van der Waals surface area contributed by atoms with E-state index in [4.69, 9.17) is 10.6 Å². The SMILES string of the molecule is Cc1cc(C(F)F)nc2sc(C(N)=O)c(NC(=O)C3CC(c4ccc(F)cc4)=NO3)c12. The van der Waals surface area contributed by atoms with Crippen LogP contribution >= 0.6 is 11.3 Å². The molecular formula is C20H15F3N4O3S. The van der Waals surface area contributed by atoms with Crippen molar-refractivity contribution < 1.29 is 27.6 Å². The summed E-state index contributed by atoms with van der Waals surface area (Å²) in [6.45, 7) is 1.57. The highest BCUT2D eigenvalue weighted by atomic mass is 32.1. The van der Waals surface area contributed by atoms with Crippen LogP contribution in [0.2, 0.25) is 0 Å². The number of benzene rings is 1. The monoisotopic (exact) mass is 448 g/mol. The molecule has 1 atom stereocenters. The van der Waals surface area contributed by atoms with Gasteiger partial charge in [-0.3, -0.25) is 9.59 Å². The molecule has 11 heteroatoms. The Morgan fingerprint density at radius 1 is 1.29 bits per heavy atom. The number of pyridine rings is 1. The summed E-state index contributed by atoms with van der Waals surface area (Å²) in [5.74, 6) is -1.83. The molecule has 2 aromatic heterocycles. The van der Waals surface area contributed by atoms with Crippen LogP contribution in [0.1, 0.15) is 39.3 Å². The normalized spacial score (nSPS) is 15.8. The number of nitrogens with zero attached hydrogens (tertiary/aromatic N) is 2. The summed E-state index contributed by atoms with van der Waals surface area (Å²) in [6, 6.07) is 6.77. The number of halogens is 3. The van der Waals surface area contributed by atoms with E-state index in [1.165, 1.54) is 30.3 Å². The lowest BCUT2D eigenvalue weighted by Crippen LogP contribution is -2.29. The van der Waals surface area contributed by atoms with E-state index in [-0.39, 0.29) is 21.8 Å². The van der Waals surface area contributed by atoms with E-state index in [1.54, 1.807) is 6.92 Å². The third-order valence-electron chi connectivity index (χ3n) is 4.71. The molecule has 2 amide bonds. The number of primary amides is 1. The maximum Gasteiger partial charge on any atom is 0.280 e.